The molecule has 3 aliphatic heterocycles. The van der Waals surface area contributed by atoms with Crippen LogP contribution in [-0.2, 0) is 14.2 Å². The molecule has 0 aromatic rings. The van der Waals surface area contributed by atoms with Gasteiger partial charge in [0, 0.05) is 25.7 Å². The van der Waals surface area contributed by atoms with Crippen LogP contribution in [0.2, 0.25) is 0 Å². The molecular weight excluding hydrogens is 192 g/mol. The van der Waals surface area contributed by atoms with Gasteiger partial charge in [0.05, 0.1) is 12.7 Å². The monoisotopic (exact) mass is 212 g/mol. The van der Waals surface area contributed by atoms with Crippen molar-refractivity contribution in [1.29, 1.82) is 0 Å². The summed E-state index contributed by atoms with van der Waals surface area (Å²) in [6.07, 6.45) is 7.99. The van der Waals surface area contributed by atoms with Crippen molar-refractivity contribution in [2.24, 2.45) is 0 Å². The standard InChI is InChI=1S/C12H20O3/c1-10-4-6-12(14-10)8-7-11(15-12)5-2-3-9-13-11/h10H,2-9H2,1H3/t10-,11+,12+/m0/s1. The van der Waals surface area contributed by atoms with Crippen molar-refractivity contribution < 1.29 is 14.2 Å². The van der Waals surface area contributed by atoms with Gasteiger partial charge in [-0.3, -0.25) is 0 Å². The average molecular weight is 212 g/mol. The zero-order valence-corrected chi connectivity index (χ0v) is 9.46. The fraction of sp³-hybridized carbons (Fsp3) is 1.00. The lowest BCUT2D eigenvalue weighted by Crippen LogP contribution is -2.40. The van der Waals surface area contributed by atoms with Crippen LogP contribution >= 0.6 is 0 Å². The highest BCUT2D eigenvalue weighted by molar-refractivity contribution is 4.92. The third kappa shape index (κ3) is 1.71. The Hall–Kier alpha value is -0.120. The van der Waals surface area contributed by atoms with E-state index in [4.69, 9.17) is 14.2 Å². The highest BCUT2D eigenvalue weighted by Crippen LogP contribution is 2.49. The minimum Gasteiger partial charge on any atom is -0.350 e. The molecule has 0 aliphatic carbocycles. The van der Waals surface area contributed by atoms with Crippen LogP contribution < -0.4 is 0 Å². The number of ether oxygens (including phenoxy) is 3. The van der Waals surface area contributed by atoms with Crippen LogP contribution in [0.1, 0.15) is 51.9 Å². The van der Waals surface area contributed by atoms with E-state index in [0.29, 0.717) is 6.10 Å². The minimum atomic E-state index is -0.295. The van der Waals surface area contributed by atoms with E-state index in [1.807, 2.05) is 0 Å². The summed E-state index contributed by atoms with van der Waals surface area (Å²) in [5.41, 5.74) is 0. The average Bonchev–Trinajstić information content (AvgIpc) is 2.75. The molecular formula is C12H20O3. The van der Waals surface area contributed by atoms with E-state index in [9.17, 15) is 0 Å². The van der Waals surface area contributed by atoms with Gasteiger partial charge in [-0.1, -0.05) is 0 Å². The molecule has 0 aromatic heterocycles. The van der Waals surface area contributed by atoms with E-state index >= 15 is 0 Å². The molecule has 0 N–H and O–H groups in total. The summed E-state index contributed by atoms with van der Waals surface area (Å²) in [7, 11) is 0. The lowest BCUT2D eigenvalue weighted by atomic mass is 10.0. The van der Waals surface area contributed by atoms with Crippen LogP contribution in [0, 0.1) is 0 Å². The third-order valence-corrected chi connectivity index (χ3v) is 3.92. The summed E-state index contributed by atoms with van der Waals surface area (Å²) >= 11 is 0. The summed E-state index contributed by atoms with van der Waals surface area (Å²) in [6, 6.07) is 0. The minimum absolute atomic E-state index is 0.289. The summed E-state index contributed by atoms with van der Waals surface area (Å²) < 4.78 is 17.9. The zero-order valence-electron chi connectivity index (χ0n) is 9.46. The molecule has 86 valence electrons. The van der Waals surface area contributed by atoms with E-state index in [0.717, 1.165) is 38.7 Å². The molecule has 3 heterocycles. The molecule has 0 aromatic carbocycles. The van der Waals surface area contributed by atoms with E-state index in [2.05, 4.69) is 6.92 Å². The van der Waals surface area contributed by atoms with Crippen LogP contribution in [0.4, 0.5) is 0 Å². The SMILES string of the molecule is C[C@H]1CC[C@@]2(CC[C@@]3(CCCCO3)O2)O1. The van der Waals surface area contributed by atoms with Gasteiger partial charge in [-0.25, -0.2) is 0 Å². The fourth-order valence-electron chi connectivity index (χ4n) is 3.09. The molecule has 0 saturated carbocycles. The molecule has 0 unspecified atom stereocenters. The van der Waals surface area contributed by atoms with Gasteiger partial charge in [-0.15, -0.1) is 0 Å². The van der Waals surface area contributed by atoms with E-state index in [1.165, 1.54) is 12.8 Å². The molecule has 0 amide bonds. The van der Waals surface area contributed by atoms with E-state index in [-0.39, 0.29) is 11.6 Å². The molecule has 15 heavy (non-hydrogen) atoms. The lowest BCUT2D eigenvalue weighted by molar-refractivity contribution is -0.322. The Bertz CT molecular complexity index is 238. The predicted octanol–water partition coefficient (Wildman–Crippen LogP) is 2.59. The zero-order chi connectivity index (χ0) is 10.4. The van der Waals surface area contributed by atoms with Gasteiger partial charge in [0.2, 0.25) is 0 Å². The first-order valence-corrected chi connectivity index (χ1v) is 6.24. The van der Waals surface area contributed by atoms with Gasteiger partial charge in [0.25, 0.3) is 0 Å². The molecule has 3 fully saturated rings. The second kappa shape index (κ2) is 3.44. The van der Waals surface area contributed by atoms with Gasteiger partial charge >= 0.3 is 0 Å². The van der Waals surface area contributed by atoms with Crippen molar-refractivity contribution in [3.05, 3.63) is 0 Å². The molecule has 3 rings (SSSR count). The van der Waals surface area contributed by atoms with Crippen molar-refractivity contribution >= 4 is 0 Å². The van der Waals surface area contributed by atoms with E-state index < -0.39 is 0 Å². The normalized spacial score (nSPS) is 50.6. The Morgan fingerprint density at radius 3 is 2.53 bits per heavy atom. The Morgan fingerprint density at radius 2 is 1.87 bits per heavy atom. The first-order valence-electron chi connectivity index (χ1n) is 6.24. The molecule has 3 aliphatic rings. The maximum atomic E-state index is 6.16. The van der Waals surface area contributed by atoms with Crippen LogP contribution in [0.15, 0.2) is 0 Å². The lowest BCUT2D eigenvalue weighted by Gasteiger charge is -2.35. The Labute approximate surface area is 91.1 Å². The first-order chi connectivity index (χ1) is 7.22. The van der Waals surface area contributed by atoms with Gasteiger partial charge in [0.1, 0.15) is 0 Å². The molecule has 3 nitrogen and oxygen atoms in total. The topological polar surface area (TPSA) is 27.7 Å². The molecule has 3 heteroatoms. The second-order valence-electron chi connectivity index (χ2n) is 5.20. The van der Waals surface area contributed by atoms with Gasteiger partial charge < -0.3 is 14.2 Å². The second-order valence-corrected chi connectivity index (χ2v) is 5.20. The molecule has 3 atom stereocenters. The quantitative estimate of drug-likeness (QED) is 0.617. The molecule has 0 radical (unpaired) electrons. The number of rotatable bonds is 0. The van der Waals surface area contributed by atoms with Crippen LogP contribution in [-0.4, -0.2) is 24.3 Å². The Balaban J connectivity index is 1.71. The fourth-order valence-corrected chi connectivity index (χ4v) is 3.09. The van der Waals surface area contributed by atoms with Crippen molar-refractivity contribution in [1.82, 2.24) is 0 Å². The number of hydrogen-bond donors (Lipinski definition) is 0. The Morgan fingerprint density at radius 1 is 1.00 bits per heavy atom. The van der Waals surface area contributed by atoms with Crippen molar-refractivity contribution in [3.8, 4) is 0 Å². The third-order valence-electron chi connectivity index (χ3n) is 3.92. The molecule has 3 saturated heterocycles. The van der Waals surface area contributed by atoms with Crippen LogP contribution in [0.25, 0.3) is 0 Å². The molecule has 2 spiro atoms. The van der Waals surface area contributed by atoms with Gasteiger partial charge in [0.15, 0.2) is 11.6 Å². The maximum absolute atomic E-state index is 6.16. The van der Waals surface area contributed by atoms with Gasteiger partial charge in [-0.05, 0) is 26.2 Å². The Kier molecular flexibility index (Phi) is 2.31. The van der Waals surface area contributed by atoms with Crippen molar-refractivity contribution in [2.45, 2.75) is 69.5 Å². The van der Waals surface area contributed by atoms with Crippen LogP contribution in [0.3, 0.4) is 0 Å². The summed E-state index contributed by atoms with van der Waals surface area (Å²) in [4.78, 5) is 0. The maximum Gasteiger partial charge on any atom is 0.172 e. The first kappa shape index (κ1) is 10.1. The van der Waals surface area contributed by atoms with Crippen LogP contribution in [0.5, 0.6) is 0 Å². The van der Waals surface area contributed by atoms with E-state index in [1.54, 1.807) is 0 Å². The van der Waals surface area contributed by atoms with Crippen molar-refractivity contribution in [3.63, 3.8) is 0 Å². The number of hydrogen-bond acceptors (Lipinski definition) is 3. The molecule has 0 bridgehead atoms. The highest BCUT2D eigenvalue weighted by Gasteiger charge is 2.54. The van der Waals surface area contributed by atoms with Crippen molar-refractivity contribution in [2.75, 3.05) is 6.61 Å². The summed E-state index contributed by atoms with van der Waals surface area (Å²) in [6.45, 7) is 2.98. The predicted molar refractivity (Wildman–Crippen MR) is 55.4 cm³/mol. The largest absolute Gasteiger partial charge is 0.350 e. The summed E-state index contributed by atoms with van der Waals surface area (Å²) in [5.74, 6) is -0.584. The van der Waals surface area contributed by atoms with Gasteiger partial charge in [-0.2, -0.15) is 0 Å². The highest BCUT2D eigenvalue weighted by atomic mass is 16.8. The summed E-state index contributed by atoms with van der Waals surface area (Å²) in [5, 5.41) is 0. The smallest absolute Gasteiger partial charge is 0.172 e.